The lowest BCUT2D eigenvalue weighted by Crippen LogP contribution is -2.40. The summed E-state index contributed by atoms with van der Waals surface area (Å²) in [4.78, 5) is 16.7. The molecule has 1 aromatic heterocycles. The Morgan fingerprint density at radius 2 is 1.86 bits per heavy atom. The standard InChI is InChI=1S/C24H26N2OS/c1-17(2)19-10-6-7-11-21(19)25-23(27)16-26-14-12-22-20(13-15-28-22)24(26)18-8-4-3-5-9-18/h3-11,13,15,17,24H,12,14,16H2,1-2H3,(H,25,27)/t24-/m1/s1. The van der Waals surface area contributed by atoms with Crippen molar-refractivity contribution >= 4 is 22.9 Å². The number of hydrogen-bond acceptors (Lipinski definition) is 3. The summed E-state index contributed by atoms with van der Waals surface area (Å²) in [6, 6.07) is 21.0. The fourth-order valence-corrected chi connectivity index (χ4v) is 4.96. The summed E-state index contributed by atoms with van der Waals surface area (Å²) in [5.41, 5.74) is 4.69. The van der Waals surface area contributed by atoms with Crippen molar-refractivity contribution in [3.05, 3.63) is 87.6 Å². The minimum Gasteiger partial charge on any atom is -0.325 e. The van der Waals surface area contributed by atoms with Gasteiger partial charge in [-0.1, -0.05) is 62.4 Å². The van der Waals surface area contributed by atoms with Crippen molar-refractivity contribution in [2.45, 2.75) is 32.2 Å². The molecule has 1 aliphatic heterocycles. The Kier molecular flexibility index (Phi) is 5.60. The van der Waals surface area contributed by atoms with Crippen LogP contribution in [0.3, 0.4) is 0 Å². The van der Waals surface area contributed by atoms with Crippen LogP contribution in [0.2, 0.25) is 0 Å². The third kappa shape index (κ3) is 3.89. The molecule has 4 rings (SSSR count). The number of fused-ring (bicyclic) bond motifs is 1. The average Bonchev–Trinajstić information content (AvgIpc) is 3.17. The quantitative estimate of drug-likeness (QED) is 0.627. The maximum Gasteiger partial charge on any atom is 0.238 e. The SMILES string of the molecule is CC(C)c1ccccc1NC(=O)CN1CCc2sccc2[C@H]1c1ccccc1. The fourth-order valence-electron chi connectivity index (χ4n) is 4.05. The first-order chi connectivity index (χ1) is 13.6. The van der Waals surface area contributed by atoms with Gasteiger partial charge in [0.15, 0.2) is 0 Å². The molecule has 4 heteroatoms. The first kappa shape index (κ1) is 18.9. The fraction of sp³-hybridized carbons (Fsp3) is 0.292. The van der Waals surface area contributed by atoms with Crippen LogP contribution in [0.1, 0.15) is 47.4 Å². The molecule has 0 spiro atoms. The number of benzene rings is 2. The Morgan fingerprint density at radius 1 is 1.11 bits per heavy atom. The molecule has 0 radical (unpaired) electrons. The van der Waals surface area contributed by atoms with Crippen LogP contribution in [0, 0.1) is 0 Å². The molecule has 2 heterocycles. The molecule has 144 valence electrons. The minimum absolute atomic E-state index is 0.0488. The highest BCUT2D eigenvalue weighted by atomic mass is 32.1. The van der Waals surface area contributed by atoms with Crippen LogP contribution in [0.4, 0.5) is 5.69 Å². The molecule has 0 bridgehead atoms. The average molecular weight is 391 g/mol. The van der Waals surface area contributed by atoms with Gasteiger partial charge in [-0.15, -0.1) is 11.3 Å². The van der Waals surface area contributed by atoms with Crippen LogP contribution >= 0.6 is 11.3 Å². The minimum atomic E-state index is 0.0488. The van der Waals surface area contributed by atoms with Crippen molar-refractivity contribution in [2.75, 3.05) is 18.4 Å². The van der Waals surface area contributed by atoms with Crippen LogP contribution < -0.4 is 5.32 Å². The maximum absolute atomic E-state index is 12.9. The molecule has 0 saturated carbocycles. The van der Waals surface area contributed by atoms with E-state index in [1.807, 2.05) is 35.6 Å². The van der Waals surface area contributed by atoms with Gasteiger partial charge < -0.3 is 5.32 Å². The lowest BCUT2D eigenvalue weighted by atomic mass is 9.93. The molecule has 28 heavy (non-hydrogen) atoms. The number of carbonyl (C=O) groups excluding carboxylic acids is 1. The summed E-state index contributed by atoms with van der Waals surface area (Å²) < 4.78 is 0. The molecular formula is C24H26N2OS. The Balaban J connectivity index is 1.56. The number of nitrogens with zero attached hydrogens (tertiary/aromatic N) is 1. The molecule has 0 saturated heterocycles. The van der Waals surface area contributed by atoms with Crippen molar-refractivity contribution in [1.29, 1.82) is 0 Å². The molecule has 1 amide bonds. The van der Waals surface area contributed by atoms with E-state index in [2.05, 4.69) is 65.8 Å². The highest BCUT2D eigenvalue weighted by Gasteiger charge is 2.30. The van der Waals surface area contributed by atoms with E-state index in [4.69, 9.17) is 0 Å². The first-order valence-electron chi connectivity index (χ1n) is 9.87. The molecule has 1 N–H and O–H groups in total. The summed E-state index contributed by atoms with van der Waals surface area (Å²) in [7, 11) is 0. The van der Waals surface area contributed by atoms with E-state index in [0.717, 1.165) is 18.7 Å². The highest BCUT2D eigenvalue weighted by Crippen LogP contribution is 2.37. The second-order valence-electron chi connectivity index (χ2n) is 7.62. The Bertz CT molecular complexity index is 948. The topological polar surface area (TPSA) is 32.3 Å². The van der Waals surface area contributed by atoms with E-state index < -0.39 is 0 Å². The lowest BCUT2D eigenvalue weighted by molar-refractivity contribution is -0.117. The zero-order valence-electron chi connectivity index (χ0n) is 16.4. The van der Waals surface area contributed by atoms with Crippen molar-refractivity contribution in [2.24, 2.45) is 0 Å². The van der Waals surface area contributed by atoms with Gasteiger partial charge in [0.1, 0.15) is 0 Å². The van der Waals surface area contributed by atoms with Gasteiger partial charge in [-0.25, -0.2) is 0 Å². The number of amides is 1. The largest absolute Gasteiger partial charge is 0.325 e. The van der Waals surface area contributed by atoms with Crippen molar-refractivity contribution in [3.63, 3.8) is 0 Å². The van der Waals surface area contributed by atoms with Gasteiger partial charge in [0, 0.05) is 17.1 Å². The molecule has 1 atom stereocenters. The van der Waals surface area contributed by atoms with E-state index >= 15 is 0 Å². The number of nitrogens with one attached hydrogen (secondary N) is 1. The lowest BCUT2D eigenvalue weighted by Gasteiger charge is -2.35. The number of rotatable bonds is 5. The smallest absolute Gasteiger partial charge is 0.238 e. The highest BCUT2D eigenvalue weighted by molar-refractivity contribution is 7.10. The van der Waals surface area contributed by atoms with Gasteiger partial charge in [0.2, 0.25) is 5.91 Å². The summed E-state index contributed by atoms with van der Waals surface area (Å²) in [6.07, 6.45) is 1.01. The third-order valence-electron chi connectivity index (χ3n) is 5.38. The zero-order valence-corrected chi connectivity index (χ0v) is 17.2. The number of carbonyl (C=O) groups is 1. The number of hydrogen-bond donors (Lipinski definition) is 1. The first-order valence-corrected chi connectivity index (χ1v) is 10.8. The zero-order chi connectivity index (χ0) is 19.5. The Morgan fingerprint density at radius 3 is 2.64 bits per heavy atom. The molecule has 0 aliphatic carbocycles. The van der Waals surface area contributed by atoms with Gasteiger partial charge in [-0.3, -0.25) is 9.69 Å². The molecule has 1 aliphatic rings. The van der Waals surface area contributed by atoms with Crippen LogP contribution in [0.5, 0.6) is 0 Å². The Hall–Kier alpha value is -2.43. The Labute approximate surface area is 171 Å². The number of anilines is 1. The van der Waals surface area contributed by atoms with Gasteiger partial charge >= 0.3 is 0 Å². The van der Waals surface area contributed by atoms with Crippen molar-refractivity contribution < 1.29 is 4.79 Å². The summed E-state index contributed by atoms with van der Waals surface area (Å²) in [5, 5.41) is 5.32. The predicted octanol–water partition coefficient (Wildman–Crippen LogP) is 5.46. The van der Waals surface area contributed by atoms with Gasteiger partial charge in [0.25, 0.3) is 0 Å². The normalized spacial score (nSPS) is 16.8. The summed E-state index contributed by atoms with van der Waals surface area (Å²) in [6.45, 7) is 5.59. The van der Waals surface area contributed by atoms with Gasteiger partial charge in [0.05, 0.1) is 12.6 Å². The molecule has 2 aromatic carbocycles. The molecular weight excluding hydrogens is 364 g/mol. The summed E-state index contributed by atoms with van der Waals surface area (Å²) >= 11 is 1.83. The van der Waals surface area contributed by atoms with Gasteiger partial charge in [-0.05, 0) is 46.5 Å². The molecule has 3 aromatic rings. The van der Waals surface area contributed by atoms with Crippen LogP contribution in [0.25, 0.3) is 0 Å². The van der Waals surface area contributed by atoms with Crippen LogP contribution in [0.15, 0.2) is 66.0 Å². The second kappa shape index (κ2) is 8.29. The second-order valence-corrected chi connectivity index (χ2v) is 8.62. The van der Waals surface area contributed by atoms with Crippen molar-refractivity contribution in [3.8, 4) is 0 Å². The van der Waals surface area contributed by atoms with Crippen molar-refractivity contribution in [1.82, 2.24) is 4.90 Å². The van der Waals surface area contributed by atoms with E-state index in [1.54, 1.807) is 0 Å². The van der Waals surface area contributed by atoms with E-state index in [9.17, 15) is 4.79 Å². The van der Waals surface area contributed by atoms with E-state index in [-0.39, 0.29) is 11.9 Å². The monoisotopic (exact) mass is 390 g/mol. The number of thiophene rings is 1. The van der Waals surface area contributed by atoms with Crippen LogP contribution in [-0.4, -0.2) is 23.9 Å². The number of para-hydroxylation sites is 1. The third-order valence-corrected chi connectivity index (χ3v) is 6.38. The maximum atomic E-state index is 12.9. The van der Waals surface area contributed by atoms with E-state index in [0.29, 0.717) is 12.5 Å². The van der Waals surface area contributed by atoms with Crippen LogP contribution in [-0.2, 0) is 11.2 Å². The van der Waals surface area contributed by atoms with Gasteiger partial charge in [-0.2, -0.15) is 0 Å². The van der Waals surface area contributed by atoms with E-state index in [1.165, 1.54) is 21.6 Å². The molecule has 0 fully saturated rings. The summed E-state index contributed by atoms with van der Waals surface area (Å²) in [5.74, 6) is 0.421. The molecule has 3 nitrogen and oxygen atoms in total. The molecule has 0 unspecified atom stereocenters. The predicted molar refractivity (Wildman–Crippen MR) is 117 cm³/mol.